The number of carbonyl (C=O) groups excluding carboxylic acids is 2. The molecule has 0 aliphatic carbocycles. The summed E-state index contributed by atoms with van der Waals surface area (Å²) in [6, 6.07) is 19.2. The molecule has 0 saturated carbocycles. The Bertz CT molecular complexity index is 1350. The van der Waals surface area contributed by atoms with Gasteiger partial charge in [0.15, 0.2) is 5.82 Å². The van der Waals surface area contributed by atoms with E-state index in [0.29, 0.717) is 17.1 Å². The van der Waals surface area contributed by atoms with Crippen LogP contribution in [0, 0.1) is 6.92 Å². The summed E-state index contributed by atoms with van der Waals surface area (Å²) >= 11 is 1.54. The average Bonchev–Trinajstić information content (AvgIpc) is 3.56. The second kappa shape index (κ2) is 9.84. The van der Waals surface area contributed by atoms with Gasteiger partial charge in [0.05, 0.1) is 10.6 Å². The van der Waals surface area contributed by atoms with Gasteiger partial charge in [-0.2, -0.15) is 0 Å². The molecule has 1 aliphatic rings. The molecule has 3 heterocycles. The molecule has 2 amide bonds. The van der Waals surface area contributed by atoms with Crippen molar-refractivity contribution >= 4 is 28.8 Å². The van der Waals surface area contributed by atoms with Gasteiger partial charge in [-0.25, -0.2) is 9.67 Å². The van der Waals surface area contributed by atoms with Crippen LogP contribution in [0.3, 0.4) is 0 Å². The zero-order chi connectivity index (χ0) is 24.4. The Labute approximate surface area is 208 Å². The van der Waals surface area contributed by atoms with Gasteiger partial charge in [-0.1, -0.05) is 24.3 Å². The van der Waals surface area contributed by atoms with Crippen LogP contribution in [0.25, 0.3) is 16.4 Å². The molecule has 8 heteroatoms. The molecular weight excluding hydrogens is 458 g/mol. The fourth-order valence-electron chi connectivity index (χ4n) is 4.40. The monoisotopic (exact) mass is 485 g/mol. The number of nitrogens with zero attached hydrogens (tertiary/aromatic N) is 4. The number of anilines is 1. The molecule has 4 aromatic rings. The number of hydrogen-bond donors (Lipinski definition) is 1. The smallest absolute Gasteiger partial charge is 0.295 e. The molecule has 0 radical (unpaired) electrons. The van der Waals surface area contributed by atoms with Gasteiger partial charge >= 0.3 is 0 Å². The quantitative estimate of drug-likeness (QED) is 0.401. The first-order chi connectivity index (χ1) is 17.0. The van der Waals surface area contributed by atoms with Crippen molar-refractivity contribution in [2.75, 3.05) is 11.9 Å². The first-order valence-corrected chi connectivity index (χ1v) is 12.7. The Morgan fingerprint density at radius 1 is 1.06 bits per heavy atom. The van der Waals surface area contributed by atoms with Crippen LogP contribution in [-0.2, 0) is 0 Å². The fourth-order valence-corrected chi connectivity index (χ4v) is 5.10. The summed E-state index contributed by atoms with van der Waals surface area (Å²) in [5.41, 5.74) is 2.91. The number of aryl methyl sites for hydroxylation is 1. The van der Waals surface area contributed by atoms with E-state index in [1.807, 2.05) is 65.7 Å². The minimum Gasteiger partial charge on any atom is -0.336 e. The molecule has 1 aliphatic heterocycles. The van der Waals surface area contributed by atoms with Crippen molar-refractivity contribution in [2.45, 2.75) is 39.2 Å². The summed E-state index contributed by atoms with van der Waals surface area (Å²) in [5.74, 6) is 0.343. The average molecular weight is 486 g/mol. The highest BCUT2D eigenvalue weighted by molar-refractivity contribution is 7.13. The third-order valence-corrected chi connectivity index (χ3v) is 7.20. The zero-order valence-corrected chi connectivity index (χ0v) is 20.6. The van der Waals surface area contributed by atoms with E-state index in [1.165, 1.54) is 0 Å². The van der Waals surface area contributed by atoms with Crippen LogP contribution in [0.1, 0.15) is 52.7 Å². The highest BCUT2D eigenvalue weighted by Crippen LogP contribution is 2.26. The van der Waals surface area contributed by atoms with Crippen molar-refractivity contribution in [1.29, 1.82) is 0 Å². The van der Waals surface area contributed by atoms with E-state index >= 15 is 0 Å². The van der Waals surface area contributed by atoms with Crippen LogP contribution in [0.5, 0.6) is 0 Å². The highest BCUT2D eigenvalue weighted by atomic mass is 32.1. The molecule has 1 atom stereocenters. The summed E-state index contributed by atoms with van der Waals surface area (Å²) in [5, 5.41) is 9.40. The van der Waals surface area contributed by atoms with Gasteiger partial charge in [-0.3, -0.25) is 9.59 Å². The SMILES string of the molecule is Cc1cc(C(=O)N2CCCCC2C)ccc1NC(=O)c1nc(-c2cccs2)n(-c2ccccc2)n1. The fraction of sp³-hybridized carbons (Fsp3) is 0.259. The molecule has 1 saturated heterocycles. The van der Waals surface area contributed by atoms with Crippen LogP contribution in [0.2, 0.25) is 0 Å². The molecule has 1 N–H and O–H groups in total. The lowest BCUT2D eigenvalue weighted by molar-refractivity contribution is 0.0635. The number of aromatic nitrogens is 3. The molecule has 5 rings (SSSR count). The van der Waals surface area contributed by atoms with Gasteiger partial charge < -0.3 is 10.2 Å². The number of benzene rings is 2. The first kappa shape index (κ1) is 23.0. The van der Waals surface area contributed by atoms with Crippen LogP contribution < -0.4 is 5.32 Å². The first-order valence-electron chi connectivity index (χ1n) is 11.8. The van der Waals surface area contributed by atoms with Crippen LogP contribution >= 0.6 is 11.3 Å². The summed E-state index contributed by atoms with van der Waals surface area (Å²) in [6.45, 7) is 4.78. The van der Waals surface area contributed by atoms with Crippen molar-refractivity contribution in [3.63, 3.8) is 0 Å². The topological polar surface area (TPSA) is 80.1 Å². The maximum atomic E-state index is 13.1. The molecule has 0 spiro atoms. The van der Waals surface area contributed by atoms with E-state index in [1.54, 1.807) is 28.2 Å². The number of likely N-dealkylation sites (tertiary alicyclic amines) is 1. The van der Waals surface area contributed by atoms with Gasteiger partial charge in [-0.05, 0) is 80.5 Å². The Morgan fingerprint density at radius 2 is 1.89 bits per heavy atom. The van der Waals surface area contributed by atoms with Gasteiger partial charge in [0.1, 0.15) is 0 Å². The zero-order valence-electron chi connectivity index (χ0n) is 19.8. The lowest BCUT2D eigenvalue weighted by atomic mass is 10.0. The number of nitrogens with one attached hydrogen (secondary N) is 1. The Kier molecular flexibility index (Phi) is 6.46. The predicted octanol–water partition coefficient (Wildman–Crippen LogP) is 5.57. The summed E-state index contributed by atoms with van der Waals surface area (Å²) in [7, 11) is 0. The maximum Gasteiger partial charge on any atom is 0.295 e. The van der Waals surface area contributed by atoms with E-state index in [-0.39, 0.29) is 17.8 Å². The van der Waals surface area contributed by atoms with Crippen molar-refractivity contribution < 1.29 is 9.59 Å². The summed E-state index contributed by atoms with van der Waals surface area (Å²) in [6.07, 6.45) is 3.24. The predicted molar refractivity (Wildman–Crippen MR) is 138 cm³/mol. The molecule has 7 nitrogen and oxygen atoms in total. The largest absolute Gasteiger partial charge is 0.336 e. The van der Waals surface area contributed by atoms with Crippen LogP contribution in [-0.4, -0.2) is 44.1 Å². The number of hydrogen-bond acceptors (Lipinski definition) is 5. The van der Waals surface area contributed by atoms with Crippen molar-refractivity contribution in [3.8, 4) is 16.4 Å². The number of thiophene rings is 1. The molecule has 2 aromatic carbocycles. The number of carbonyl (C=O) groups is 2. The van der Waals surface area contributed by atoms with Gasteiger partial charge in [0.25, 0.3) is 11.8 Å². The minimum atomic E-state index is -0.399. The highest BCUT2D eigenvalue weighted by Gasteiger charge is 2.25. The van der Waals surface area contributed by atoms with E-state index in [4.69, 9.17) is 0 Å². The number of amides is 2. The van der Waals surface area contributed by atoms with Gasteiger partial charge in [0.2, 0.25) is 5.82 Å². The number of piperidine rings is 1. The summed E-state index contributed by atoms with van der Waals surface area (Å²) in [4.78, 5) is 33.6. The molecule has 178 valence electrons. The van der Waals surface area contributed by atoms with Crippen molar-refractivity contribution in [1.82, 2.24) is 19.7 Å². The van der Waals surface area contributed by atoms with Crippen LogP contribution in [0.15, 0.2) is 66.0 Å². The standard InChI is InChI=1S/C27H27N5O2S/c1-18-17-20(27(34)31-15-7-6-9-19(31)2)13-14-22(18)28-26(33)24-29-25(23-12-8-16-35-23)32(30-24)21-10-4-3-5-11-21/h3-5,8,10-14,16-17,19H,6-7,9,15H2,1-2H3,(H,28,33). The maximum absolute atomic E-state index is 13.1. The van der Waals surface area contributed by atoms with E-state index in [2.05, 4.69) is 22.3 Å². The molecule has 2 aromatic heterocycles. The third kappa shape index (κ3) is 4.74. The number of para-hydroxylation sites is 1. The van der Waals surface area contributed by atoms with E-state index < -0.39 is 5.91 Å². The Balaban J connectivity index is 1.38. The lowest BCUT2D eigenvalue weighted by Gasteiger charge is -2.33. The van der Waals surface area contributed by atoms with Crippen molar-refractivity contribution in [3.05, 3.63) is 83.0 Å². The molecular formula is C27H27N5O2S. The minimum absolute atomic E-state index is 0.0436. The van der Waals surface area contributed by atoms with Gasteiger partial charge in [-0.15, -0.1) is 16.4 Å². The normalized spacial score (nSPS) is 15.7. The Morgan fingerprint density at radius 3 is 2.60 bits per heavy atom. The van der Waals surface area contributed by atoms with Crippen molar-refractivity contribution in [2.24, 2.45) is 0 Å². The molecule has 35 heavy (non-hydrogen) atoms. The molecule has 1 fully saturated rings. The van der Waals surface area contributed by atoms with E-state index in [9.17, 15) is 9.59 Å². The number of rotatable bonds is 5. The Hall–Kier alpha value is -3.78. The third-order valence-electron chi connectivity index (χ3n) is 6.34. The van der Waals surface area contributed by atoms with Crippen LogP contribution in [0.4, 0.5) is 5.69 Å². The lowest BCUT2D eigenvalue weighted by Crippen LogP contribution is -2.42. The molecule has 1 unspecified atom stereocenters. The summed E-state index contributed by atoms with van der Waals surface area (Å²) < 4.78 is 1.69. The van der Waals surface area contributed by atoms with Gasteiger partial charge in [0, 0.05) is 23.8 Å². The second-order valence-corrected chi connectivity index (χ2v) is 9.76. The molecule has 0 bridgehead atoms. The van der Waals surface area contributed by atoms with E-state index in [0.717, 1.165) is 41.9 Å². The second-order valence-electron chi connectivity index (χ2n) is 8.81.